The standard InChI is InChI=1S/C9H9ClF3N3O2S/c10-8-15-4-1-2-19(18)6(4)7(16-8)14-3-5(17)9(11,12)13/h5,17H,1-3H2,(H,14,15,16)/t5?,19-/m1/s1. The van der Waals surface area contributed by atoms with Crippen molar-refractivity contribution in [3.05, 3.63) is 11.0 Å². The van der Waals surface area contributed by atoms with Gasteiger partial charge in [-0.1, -0.05) is 0 Å². The molecule has 1 aromatic heterocycles. The summed E-state index contributed by atoms with van der Waals surface area (Å²) in [5.41, 5.74) is 0.460. The first-order valence-corrected chi connectivity index (χ1v) is 6.92. The van der Waals surface area contributed by atoms with Gasteiger partial charge < -0.3 is 15.0 Å². The molecule has 2 heterocycles. The van der Waals surface area contributed by atoms with Crippen molar-refractivity contribution in [3.63, 3.8) is 0 Å². The predicted octanol–water partition coefficient (Wildman–Crippen LogP) is 1.13. The average molecular weight is 316 g/mol. The molecule has 1 aliphatic heterocycles. The van der Waals surface area contributed by atoms with Crippen molar-refractivity contribution < 1.29 is 22.8 Å². The third kappa shape index (κ3) is 3.22. The van der Waals surface area contributed by atoms with Crippen molar-refractivity contribution in [2.45, 2.75) is 23.6 Å². The first-order chi connectivity index (χ1) is 8.79. The molecule has 2 N–H and O–H groups in total. The summed E-state index contributed by atoms with van der Waals surface area (Å²) in [7, 11) is 0. The van der Waals surface area contributed by atoms with Crippen molar-refractivity contribution in [2.24, 2.45) is 0 Å². The number of aryl methyl sites for hydroxylation is 1. The Hall–Kier alpha value is -0.770. The van der Waals surface area contributed by atoms with Gasteiger partial charge in [0, 0.05) is 6.42 Å². The smallest absolute Gasteiger partial charge is 0.416 e. The molecule has 1 unspecified atom stereocenters. The molecule has 0 saturated carbocycles. The zero-order chi connectivity index (χ0) is 14.2. The van der Waals surface area contributed by atoms with E-state index in [2.05, 4.69) is 15.3 Å². The lowest BCUT2D eigenvalue weighted by molar-refractivity contribution is -0.198. The minimum Gasteiger partial charge on any atom is -0.611 e. The molecule has 0 amide bonds. The lowest BCUT2D eigenvalue weighted by Crippen LogP contribution is -2.35. The van der Waals surface area contributed by atoms with Crippen LogP contribution >= 0.6 is 11.6 Å². The number of fused-ring (bicyclic) bond motifs is 1. The first kappa shape index (κ1) is 14.6. The number of aliphatic hydroxyl groups is 1. The van der Waals surface area contributed by atoms with Crippen LogP contribution in [-0.2, 0) is 17.6 Å². The van der Waals surface area contributed by atoms with E-state index >= 15 is 0 Å². The van der Waals surface area contributed by atoms with Gasteiger partial charge in [-0.2, -0.15) is 18.2 Å². The van der Waals surface area contributed by atoms with E-state index in [1.807, 2.05) is 0 Å². The van der Waals surface area contributed by atoms with Crippen LogP contribution in [0.15, 0.2) is 4.90 Å². The summed E-state index contributed by atoms with van der Waals surface area (Å²) in [5.74, 6) is 0.315. The second-order valence-corrected chi connectivity index (χ2v) is 5.70. The Labute approximate surface area is 114 Å². The highest BCUT2D eigenvalue weighted by molar-refractivity contribution is 7.91. The number of aliphatic hydroxyl groups excluding tert-OH is 1. The first-order valence-electron chi connectivity index (χ1n) is 5.22. The molecule has 0 fully saturated rings. The molecular weight excluding hydrogens is 307 g/mol. The van der Waals surface area contributed by atoms with Gasteiger partial charge in [-0.25, -0.2) is 4.98 Å². The maximum Gasteiger partial charge on any atom is 0.416 e. The van der Waals surface area contributed by atoms with Crippen LogP contribution < -0.4 is 5.32 Å². The quantitative estimate of drug-likeness (QED) is 0.645. The maximum atomic E-state index is 12.2. The van der Waals surface area contributed by atoms with Crippen LogP contribution in [-0.4, -0.2) is 44.2 Å². The van der Waals surface area contributed by atoms with E-state index in [-0.39, 0.29) is 16.0 Å². The molecule has 0 aliphatic carbocycles. The van der Waals surface area contributed by atoms with Gasteiger partial charge in [-0.3, -0.25) is 0 Å². The van der Waals surface area contributed by atoms with Crippen molar-refractivity contribution in [1.29, 1.82) is 0 Å². The van der Waals surface area contributed by atoms with E-state index in [0.29, 0.717) is 17.9 Å². The lowest BCUT2D eigenvalue weighted by Gasteiger charge is -2.16. The third-order valence-corrected chi connectivity index (χ3v) is 4.13. The summed E-state index contributed by atoms with van der Waals surface area (Å²) in [6, 6.07) is 0. The van der Waals surface area contributed by atoms with E-state index in [9.17, 15) is 17.7 Å². The van der Waals surface area contributed by atoms with Crippen LogP contribution in [0.5, 0.6) is 0 Å². The van der Waals surface area contributed by atoms with Gasteiger partial charge in [-0.05, 0) is 22.8 Å². The molecular formula is C9H9ClF3N3O2S. The molecule has 1 aliphatic rings. The number of anilines is 1. The SMILES string of the molecule is [O-][S@+]1CCc2nc(Cl)nc(NCC(O)C(F)(F)F)c21. The Balaban J connectivity index is 2.17. The summed E-state index contributed by atoms with van der Waals surface area (Å²) in [5, 5.41) is 11.1. The molecule has 0 bridgehead atoms. The van der Waals surface area contributed by atoms with Crippen LogP contribution in [0.2, 0.25) is 5.28 Å². The van der Waals surface area contributed by atoms with E-state index in [0.717, 1.165) is 0 Å². The number of halogens is 4. The molecule has 5 nitrogen and oxygen atoms in total. The summed E-state index contributed by atoms with van der Waals surface area (Å²) in [4.78, 5) is 7.86. The zero-order valence-corrected chi connectivity index (χ0v) is 10.9. The molecule has 2 rings (SSSR count). The summed E-state index contributed by atoms with van der Waals surface area (Å²) in [6.07, 6.45) is -6.83. The van der Waals surface area contributed by atoms with E-state index in [4.69, 9.17) is 16.7 Å². The van der Waals surface area contributed by atoms with Gasteiger partial charge in [0.25, 0.3) is 0 Å². The Morgan fingerprint density at radius 2 is 2.16 bits per heavy atom. The topological polar surface area (TPSA) is 81.1 Å². The van der Waals surface area contributed by atoms with Gasteiger partial charge in [0.05, 0.1) is 6.54 Å². The molecule has 10 heteroatoms. The normalized spacial score (nSPS) is 20.2. The fourth-order valence-electron chi connectivity index (χ4n) is 1.60. The predicted molar refractivity (Wildman–Crippen MR) is 62.6 cm³/mol. The fourth-order valence-corrected chi connectivity index (χ4v) is 3.11. The summed E-state index contributed by atoms with van der Waals surface area (Å²) < 4.78 is 48.2. The van der Waals surface area contributed by atoms with Crippen LogP contribution in [0.3, 0.4) is 0 Å². The van der Waals surface area contributed by atoms with Crippen molar-refractivity contribution in [3.8, 4) is 0 Å². The third-order valence-electron chi connectivity index (χ3n) is 2.50. The second-order valence-electron chi connectivity index (χ2n) is 3.86. The molecule has 0 saturated heterocycles. The fraction of sp³-hybridized carbons (Fsp3) is 0.556. The molecule has 0 aromatic carbocycles. The Morgan fingerprint density at radius 1 is 1.47 bits per heavy atom. The highest BCUT2D eigenvalue weighted by Crippen LogP contribution is 2.31. The van der Waals surface area contributed by atoms with Crippen molar-refractivity contribution in [2.75, 3.05) is 17.6 Å². The highest BCUT2D eigenvalue weighted by Gasteiger charge is 2.39. The largest absolute Gasteiger partial charge is 0.611 e. The van der Waals surface area contributed by atoms with E-state index < -0.39 is 30.0 Å². The van der Waals surface area contributed by atoms with Crippen molar-refractivity contribution >= 4 is 28.6 Å². The number of hydrogen-bond donors (Lipinski definition) is 2. The highest BCUT2D eigenvalue weighted by atomic mass is 35.5. The van der Waals surface area contributed by atoms with Crippen LogP contribution in [0, 0.1) is 0 Å². The Morgan fingerprint density at radius 3 is 2.79 bits per heavy atom. The molecule has 0 radical (unpaired) electrons. The zero-order valence-electron chi connectivity index (χ0n) is 9.37. The van der Waals surface area contributed by atoms with Gasteiger partial charge in [-0.15, -0.1) is 0 Å². The summed E-state index contributed by atoms with van der Waals surface area (Å²) >= 11 is 4.27. The lowest BCUT2D eigenvalue weighted by atomic mass is 10.3. The minimum absolute atomic E-state index is 0.0193. The molecule has 2 atom stereocenters. The average Bonchev–Trinajstić information content (AvgIpc) is 2.66. The minimum atomic E-state index is -4.73. The second kappa shape index (κ2) is 5.31. The molecule has 106 valence electrons. The van der Waals surface area contributed by atoms with Crippen molar-refractivity contribution in [1.82, 2.24) is 9.97 Å². The van der Waals surface area contributed by atoms with Crippen LogP contribution in [0.1, 0.15) is 5.69 Å². The number of hydrogen-bond acceptors (Lipinski definition) is 5. The van der Waals surface area contributed by atoms with Gasteiger partial charge in [0.15, 0.2) is 11.9 Å². The molecule has 0 spiro atoms. The molecule has 19 heavy (non-hydrogen) atoms. The Kier molecular flexibility index (Phi) is 4.09. The molecule has 1 aromatic rings. The number of alkyl halides is 3. The van der Waals surface area contributed by atoms with Gasteiger partial charge >= 0.3 is 6.18 Å². The van der Waals surface area contributed by atoms with Crippen LogP contribution in [0.25, 0.3) is 0 Å². The number of nitrogens with one attached hydrogen (secondary N) is 1. The maximum absolute atomic E-state index is 12.2. The van der Waals surface area contributed by atoms with E-state index in [1.54, 1.807) is 0 Å². The van der Waals surface area contributed by atoms with Gasteiger partial charge in [0.2, 0.25) is 10.2 Å². The number of nitrogens with zero attached hydrogens (tertiary/aromatic N) is 2. The monoisotopic (exact) mass is 315 g/mol. The number of aromatic nitrogens is 2. The van der Waals surface area contributed by atoms with Crippen LogP contribution in [0.4, 0.5) is 19.0 Å². The number of rotatable bonds is 3. The van der Waals surface area contributed by atoms with Gasteiger partial charge in [0.1, 0.15) is 11.4 Å². The summed E-state index contributed by atoms with van der Waals surface area (Å²) in [6.45, 7) is -0.791. The van der Waals surface area contributed by atoms with E-state index in [1.165, 1.54) is 0 Å². The Bertz CT molecular complexity index is 489.